The third kappa shape index (κ3) is 4.38. The van der Waals surface area contributed by atoms with E-state index >= 15 is 0 Å². The first kappa shape index (κ1) is 17.9. The van der Waals surface area contributed by atoms with E-state index in [0.29, 0.717) is 16.5 Å². The van der Waals surface area contributed by atoms with Crippen LogP contribution < -0.4 is 10.2 Å². The molecule has 0 saturated carbocycles. The maximum atomic E-state index is 11.3. The van der Waals surface area contributed by atoms with Crippen LogP contribution in [0.15, 0.2) is 66.0 Å². The topological polar surface area (TPSA) is 84.3 Å². The molecule has 0 atom stereocenters. The number of nitrogens with one attached hydrogen (secondary N) is 1. The SMILES string of the molecule is COc1ccc(-c2ccnc(SCc3ccc(C(=O)NO)cc3)n2)cc1. The number of ether oxygens (including phenoxy) is 1. The van der Waals surface area contributed by atoms with Gasteiger partial charge in [0.1, 0.15) is 5.75 Å². The predicted octanol–water partition coefficient (Wildman–Crippen LogP) is 3.56. The number of hydrogen-bond acceptors (Lipinski definition) is 6. The van der Waals surface area contributed by atoms with Crippen LogP contribution in [-0.2, 0) is 5.75 Å². The summed E-state index contributed by atoms with van der Waals surface area (Å²) in [7, 11) is 1.64. The largest absolute Gasteiger partial charge is 0.497 e. The highest BCUT2D eigenvalue weighted by Crippen LogP contribution is 2.24. The Balaban J connectivity index is 1.67. The van der Waals surface area contributed by atoms with Gasteiger partial charge in [-0.25, -0.2) is 15.4 Å². The summed E-state index contributed by atoms with van der Waals surface area (Å²) in [5.74, 6) is 0.947. The Morgan fingerprint density at radius 2 is 1.85 bits per heavy atom. The van der Waals surface area contributed by atoms with Gasteiger partial charge in [-0.3, -0.25) is 10.0 Å². The number of rotatable bonds is 6. The van der Waals surface area contributed by atoms with E-state index in [1.165, 1.54) is 11.8 Å². The molecule has 1 aromatic heterocycles. The number of benzene rings is 2. The second-order valence-corrected chi connectivity index (χ2v) is 6.32. The van der Waals surface area contributed by atoms with Crippen LogP contribution in [0.1, 0.15) is 15.9 Å². The minimum Gasteiger partial charge on any atom is -0.497 e. The van der Waals surface area contributed by atoms with Gasteiger partial charge in [0, 0.05) is 23.1 Å². The molecular formula is C19H17N3O3S. The van der Waals surface area contributed by atoms with Crippen LogP contribution in [0.3, 0.4) is 0 Å². The van der Waals surface area contributed by atoms with E-state index in [9.17, 15) is 4.79 Å². The van der Waals surface area contributed by atoms with Crippen molar-refractivity contribution in [3.05, 3.63) is 71.9 Å². The number of thioether (sulfide) groups is 1. The fourth-order valence-electron chi connectivity index (χ4n) is 2.30. The van der Waals surface area contributed by atoms with Crippen LogP contribution in [0.2, 0.25) is 0 Å². The third-order valence-corrected chi connectivity index (χ3v) is 4.64. The summed E-state index contributed by atoms with van der Waals surface area (Å²) < 4.78 is 5.17. The van der Waals surface area contributed by atoms with Gasteiger partial charge in [-0.1, -0.05) is 23.9 Å². The summed E-state index contributed by atoms with van der Waals surface area (Å²) in [5, 5.41) is 9.31. The number of methoxy groups -OCH3 is 1. The molecule has 0 saturated heterocycles. The number of hydrogen-bond donors (Lipinski definition) is 2. The summed E-state index contributed by atoms with van der Waals surface area (Å²) >= 11 is 1.51. The van der Waals surface area contributed by atoms with E-state index < -0.39 is 5.91 Å². The van der Waals surface area contributed by atoms with Gasteiger partial charge in [0.2, 0.25) is 0 Å². The molecule has 2 N–H and O–H groups in total. The molecule has 1 heterocycles. The summed E-state index contributed by atoms with van der Waals surface area (Å²) in [6.07, 6.45) is 1.74. The van der Waals surface area contributed by atoms with E-state index in [1.807, 2.05) is 42.5 Å². The molecule has 0 aliphatic carbocycles. The smallest absolute Gasteiger partial charge is 0.274 e. The molecule has 0 radical (unpaired) electrons. The van der Waals surface area contributed by atoms with Gasteiger partial charge in [0.05, 0.1) is 12.8 Å². The molecule has 0 spiro atoms. The standard InChI is InChI=1S/C19H17N3O3S/c1-25-16-8-6-14(7-9-16)17-10-11-20-19(21-17)26-12-13-2-4-15(5-3-13)18(23)22-24/h2-11,24H,12H2,1H3,(H,22,23). The lowest BCUT2D eigenvalue weighted by molar-refractivity contribution is 0.0706. The third-order valence-electron chi connectivity index (χ3n) is 3.70. The summed E-state index contributed by atoms with van der Waals surface area (Å²) in [6.45, 7) is 0. The molecule has 6 nitrogen and oxygen atoms in total. The minimum atomic E-state index is -0.528. The summed E-state index contributed by atoms with van der Waals surface area (Å²) in [6, 6.07) is 16.6. The molecule has 3 rings (SSSR count). The van der Waals surface area contributed by atoms with Crippen molar-refractivity contribution in [3.8, 4) is 17.0 Å². The number of amides is 1. The van der Waals surface area contributed by atoms with Gasteiger partial charge < -0.3 is 4.74 Å². The van der Waals surface area contributed by atoms with Gasteiger partial charge in [-0.15, -0.1) is 0 Å². The van der Waals surface area contributed by atoms with Gasteiger partial charge in [0.25, 0.3) is 5.91 Å². The van der Waals surface area contributed by atoms with Crippen molar-refractivity contribution in [2.75, 3.05) is 7.11 Å². The first-order chi connectivity index (χ1) is 12.7. The maximum Gasteiger partial charge on any atom is 0.274 e. The molecule has 3 aromatic rings. The average Bonchev–Trinajstić information content (AvgIpc) is 2.72. The van der Waals surface area contributed by atoms with E-state index in [1.54, 1.807) is 30.9 Å². The highest BCUT2D eigenvalue weighted by molar-refractivity contribution is 7.98. The second-order valence-electron chi connectivity index (χ2n) is 5.38. The molecule has 0 aliphatic rings. The normalized spacial score (nSPS) is 10.4. The lowest BCUT2D eigenvalue weighted by Gasteiger charge is -2.06. The molecule has 26 heavy (non-hydrogen) atoms. The number of carbonyl (C=O) groups is 1. The number of nitrogens with zero attached hydrogens (tertiary/aromatic N) is 2. The van der Waals surface area contributed by atoms with Crippen molar-refractivity contribution in [2.24, 2.45) is 0 Å². The number of carbonyl (C=O) groups excluding carboxylic acids is 1. The number of aromatic nitrogens is 2. The zero-order valence-electron chi connectivity index (χ0n) is 14.0. The van der Waals surface area contributed by atoms with Crippen molar-refractivity contribution < 1.29 is 14.7 Å². The second kappa shape index (κ2) is 8.46. The monoisotopic (exact) mass is 367 g/mol. The Kier molecular flexibility index (Phi) is 5.83. The van der Waals surface area contributed by atoms with Crippen molar-refractivity contribution in [2.45, 2.75) is 10.9 Å². The maximum absolute atomic E-state index is 11.3. The highest BCUT2D eigenvalue weighted by Gasteiger charge is 2.06. The van der Waals surface area contributed by atoms with Crippen LogP contribution in [0, 0.1) is 0 Å². The van der Waals surface area contributed by atoms with Crippen molar-refractivity contribution in [1.82, 2.24) is 15.4 Å². The molecule has 2 aromatic carbocycles. The van der Waals surface area contributed by atoms with Crippen molar-refractivity contribution in [1.29, 1.82) is 0 Å². The van der Waals surface area contributed by atoms with Crippen LogP contribution >= 0.6 is 11.8 Å². The van der Waals surface area contributed by atoms with Gasteiger partial charge in [0.15, 0.2) is 5.16 Å². The molecule has 7 heteroatoms. The van der Waals surface area contributed by atoms with Crippen molar-refractivity contribution in [3.63, 3.8) is 0 Å². The zero-order chi connectivity index (χ0) is 18.4. The van der Waals surface area contributed by atoms with Crippen LogP contribution in [-0.4, -0.2) is 28.2 Å². The Morgan fingerprint density at radius 3 is 2.50 bits per heavy atom. The lowest BCUT2D eigenvalue weighted by Crippen LogP contribution is -2.18. The molecule has 0 bridgehead atoms. The molecule has 1 amide bonds. The first-order valence-electron chi connectivity index (χ1n) is 7.83. The molecular weight excluding hydrogens is 350 g/mol. The molecule has 132 valence electrons. The Bertz CT molecular complexity index is 883. The van der Waals surface area contributed by atoms with E-state index in [0.717, 1.165) is 22.6 Å². The zero-order valence-corrected chi connectivity index (χ0v) is 14.9. The minimum absolute atomic E-state index is 0.402. The van der Waals surface area contributed by atoms with E-state index in [4.69, 9.17) is 9.94 Å². The van der Waals surface area contributed by atoms with E-state index in [-0.39, 0.29) is 0 Å². The van der Waals surface area contributed by atoms with Crippen LogP contribution in [0.5, 0.6) is 5.75 Å². The summed E-state index contributed by atoms with van der Waals surface area (Å²) in [4.78, 5) is 20.2. The predicted molar refractivity (Wildman–Crippen MR) is 99.3 cm³/mol. The number of hydroxylamine groups is 1. The van der Waals surface area contributed by atoms with Crippen LogP contribution in [0.25, 0.3) is 11.3 Å². The van der Waals surface area contributed by atoms with Gasteiger partial charge in [-0.2, -0.15) is 0 Å². The lowest BCUT2D eigenvalue weighted by atomic mass is 10.1. The van der Waals surface area contributed by atoms with Crippen molar-refractivity contribution >= 4 is 17.7 Å². The summed E-state index contributed by atoms with van der Waals surface area (Å²) in [5.41, 5.74) is 4.89. The quantitative estimate of drug-likeness (QED) is 0.300. The molecule has 0 aliphatic heterocycles. The Labute approximate surface area is 155 Å². The van der Waals surface area contributed by atoms with E-state index in [2.05, 4.69) is 9.97 Å². The Morgan fingerprint density at radius 1 is 1.12 bits per heavy atom. The molecule has 0 fully saturated rings. The highest BCUT2D eigenvalue weighted by atomic mass is 32.2. The van der Waals surface area contributed by atoms with Gasteiger partial charge >= 0.3 is 0 Å². The fraction of sp³-hybridized carbons (Fsp3) is 0.105. The Hall–Kier alpha value is -2.90. The van der Waals surface area contributed by atoms with Gasteiger partial charge in [-0.05, 0) is 48.0 Å². The van der Waals surface area contributed by atoms with Crippen LogP contribution in [0.4, 0.5) is 0 Å². The fourth-order valence-corrected chi connectivity index (χ4v) is 3.08. The average molecular weight is 367 g/mol. The first-order valence-corrected chi connectivity index (χ1v) is 8.82. The molecule has 0 unspecified atom stereocenters.